The van der Waals surface area contributed by atoms with Crippen molar-refractivity contribution in [2.24, 2.45) is 23.7 Å². The van der Waals surface area contributed by atoms with Crippen molar-refractivity contribution in [3.05, 3.63) is 0 Å². The van der Waals surface area contributed by atoms with Crippen molar-refractivity contribution in [2.45, 2.75) is 82.7 Å². The molecule has 0 saturated heterocycles. The largest absolute Gasteiger partial charge is 0.345 e. The van der Waals surface area contributed by atoms with Gasteiger partial charge in [0.05, 0.1) is 0 Å². The molecule has 0 aliphatic heterocycles. The van der Waals surface area contributed by atoms with Crippen LogP contribution in [0, 0.1) is 23.7 Å². The second-order valence-corrected chi connectivity index (χ2v) is 8.99. The van der Waals surface area contributed by atoms with Gasteiger partial charge in [0.25, 0.3) is 0 Å². The molecule has 128 valence electrons. The van der Waals surface area contributed by atoms with Gasteiger partial charge in [-0.25, -0.2) is 0 Å². The number of carbonyl (C=O) groups excluding carboxylic acids is 2. The molecule has 0 radical (unpaired) electrons. The summed E-state index contributed by atoms with van der Waals surface area (Å²) >= 11 is 0. The van der Waals surface area contributed by atoms with E-state index in [-0.39, 0.29) is 17.5 Å². The van der Waals surface area contributed by atoms with Crippen molar-refractivity contribution in [1.82, 2.24) is 10.6 Å². The van der Waals surface area contributed by atoms with Crippen LogP contribution in [-0.4, -0.2) is 23.4 Å². The lowest BCUT2D eigenvalue weighted by Gasteiger charge is -2.56. The Morgan fingerprint density at radius 1 is 0.870 bits per heavy atom. The van der Waals surface area contributed by atoms with Crippen LogP contribution in [-0.2, 0) is 9.59 Å². The molecule has 5 aliphatic rings. The second-order valence-electron chi connectivity index (χ2n) is 8.99. The van der Waals surface area contributed by atoms with Crippen LogP contribution in [0.2, 0.25) is 0 Å². The molecule has 5 rings (SSSR count). The van der Waals surface area contributed by atoms with E-state index >= 15 is 0 Å². The van der Waals surface area contributed by atoms with Crippen LogP contribution in [0.4, 0.5) is 0 Å². The highest BCUT2D eigenvalue weighted by molar-refractivity contribution is 6.35. The summed E-state index contributed by atoms with van der Waals surface area (Å²) in [5, 5.41) is 6.18. The molecule has 0 heterocycles. The second kappa shape index (κ2) is 5.78. The minimum atomic E-state index is -0.403. The van der Waals surface area contributed by atoms with Gasteiger partial charge in [0.1, 0.15) is 0 Å². The summed E-state index contributed by atoms with van der Waals surface area (Å²) in [6.45, 7) is 2.18. The Balaban J connectivity index is 1.37. The fraction of sp³-hybridized carbons (Fsp3) is 0.895. The third-order valence-corrected chi connectivity index (χ3v) is 7.05. The number of rotatable bonds is 2. The fourth-order valence-corrected chi connectivity index (χ4v) is 6.33. The van der Waals surface area contributed by atoms with Gasteiger partial charge < -0.3 is 10.6 Å². The van der Waals surface area contributed by atoms with Gasteiger partial charge >= 0.3 is 11.8 Å². The minimum absolute atomic E-state index is 0.0681. The lowest BCUT2D eigenvalue weighted by molar-refractivity contribution is -0.143. The Kier molecular flexibility index (Phi) is 3.89. The van der Waals surface area contributed by atoms with Gasteiger partial charge in [-0.2, -0.15) is 0 Å². The van der Waals surface area contributed by atoms with E-state index in [0.717, 1.165) is 56.3 Å². The molecule has 2 N–H and O–H groups in total. The first kappa shape index (κ1) is 15.5. The molecule has 0 spiro atoms. The summed E-state index contributed by atoms with van der Waals surface area (Å²) in [6.07, 6.45) is 11.9. The monoisotopic (exact) mass is 318 g/mol. The van der Waals surface area contributed by atoms with Gasteiger partial charge in [-0.05, 0) is 75.0 Å². The molecular weight excluding hydrogens is 288 g/mol. The van der Waals surface area contributed by atoms with Gasteiger partial charge in [-0.1, -0.05) is 19.8 Å². The molecule has 23 heavy (non-hydrogen) atoms. The van der Waals surface area contributed by atoms with Gasteiger partial charge in [0.15, 0.2) is 0 Å². The topological polar surface area (TPSA) is 58.2 Å². The van der Waals surface area contributed by atoms with Crippen LogP contribution in [0.25, 0.3) is 0 Å². The van der Waals surface area contributed by atoms with Crippen molar-refractivity contribution in [1.29, 1.82) is 0 Å². The molecular formula is C19H30N2O2. The summed E-state index contributed by atoms with van der Waals surface area (Å²) in [5.74, 6) is 2.04. The lowest BCUT2D eigenvalue weighted by atomic mass is 9.53. The van der Waals surface area contributed by atoms with Gasteiger partial charge in [-0.3, -0.25) is 9.59 Å². The molecule has 5 fully saturated rings. The zero-order chi connectivity index (χ0) is 16.0. The lowest BCUT2D eigenvalue weighted by Crippen LogP contribution is -2.62. The van der Waals surface area contributed by atoms with Gasteiger partial charge in [0, 0.05) is 11.6 Å². The quantitative estimate of drug-likeness (QED) is 0.769. The standard InChI is InChI=1S/C19H30N2O2/c1-12-4-2-3-5-16(12)20-17(22)18(23)21-19-9-13-6-14(10-19)8-15(7-13)11-19/h12-16H,2-11H2,1H3,(H,20,22)(H,21,23). The van der Waals surface area contributed by atoms with Crippen molar-refractivity contribution in [2.75, 3.05) is 0 Å². The molecule has 0 aromatic heterocycles. The van der Waals surface area contributed by atoms with E-state index in [4.69, 9.17) is 0 Å². The molecule has 2 unspecified atom stereocenters. The molecule has 4 heteroatoms. The average Bonchev–Trinajstić information content (AvgIpc) is 2.47. The predicted molar refractivity (Wildman–Crippen MR) is 88.6 cm³/mol. The van der Waals surface area contributed by atoms with Gasteiger partial charge in [-0.15, -0.1) is 0 Å². The Morgan fingerprint density at radius 3 is 2.00 bits per heavy atom. The third-order valence-electron chi connectivity index (χ3n) is 7.05. The van der Waals surface area contributed by atoms with Gasteiger partial charge in [0.2, 0.25) is 0 Å². The molecule has 4 bridgehead atoms. The Bertz CT molecular complexity index is 466. The zero-order valence-electron chi connectivity index (χ0n) is 14.3. The summed E-state index contributed by atoms with van der Waals surface area (Å²) < 4.78 is 0. The first-order chi connectivity index (χ1) is 11.0. The van der Waals surface area contributed by atoms with Crippen molar-refractivity contribution in [3.63, 3.8) is 0 Å². The van der Waals surface area contributed by atoms with E-state index in [1.54, 1.807) is 0 Å². The van der Waals surface area contributed by atoms with E-state index in [9.17, 15) is 9.59 Å². The molecule has 4 nitrogen and oxygen atoms in total. The third kappa shape index (κ3) is 3.01. The van der Waals surface area contributed by atoms with E-state index in [2.05, 4.69) is 17.6 Å². The number of hydrogen-bond acceptors (Lipinski definition) is 2. The summed E-state index contributed by atoms with van der Waals surface area (Å²) in [7, 11) is 0. The van der Waals surface area contributed by atoms with E-state index in [1.165, 1.54) is 25.7 Å². The summed E-state index contributed by atoms with van der Waals surface area (Å²) in [5.41, 5.74) is -0.0681. The molecule has 0 aromatic rings. The summed E-state index contributed by atoms with van der Waals surface area (Å²) in [4.78, 5) is 24.8. The first-order valence-corrected chi connectivity index (χ1v) is 9.66. The SMILES string of the molecule is CC1CCCCC1NC(=O)C(=O)NC12CC3CC(CC(C3)C1)C2. The molecule has 0 aromatic carbocycles. The molecule has 5 aliphatic carbocycles. The maximum Gasteiger partial charge on any atom is 0.309 e. The number of amides is 2. The normalized spacial score (nSPS) is 44.8. The maximum absolute atomic E-state index is 12.5. The van der Waals surface area contributed by atoms with Crippen molar-refractivity contribution < 1.29 is 9.59 Å². The Labute approximate surface area is 139 Å². The summed E-state index contributed by atoms with van der Waals surface area (Å²) in [6, 6.07) is 0.179. The fourth-order valence-electron chi connectivity index (χ4n) is 6.33. The minimum Gasteiger partial charge on any atom is -0.345 e. The van der Waals surface area contributed by atoms with Crippen LogP contribution in [0.15, 0.2) is 0 Å². The Morgan fingerprint density at radius 2 is 1.43 bits per heavy atom. The first-order valence-electron chi connectivity index (χ1n) is 9.66. The highest BCUT2D eigenvalue weighted by Crippen LogP contribution is 2.55. The van der Waals surface area contributed by atoms with Crippen LogP contribution in [0.3, 0.4) is 0 Å². The average molecular weight is 318 g/mol. The van der Waals surface area contributed by atoms with Crippen LogP contribution < -0.4 is 10.6 Å². The highest BCUT2D eigenvalue weighted by Gasteiger charge is 2.51. The molecule has 2 atom stereocenters. The van der Waals surface area contributed by atoms with Crippen LogP contribution in [0.5, 0.6) is 0 Å². The number of nitrogens with one attached hydrogen (secondary N) is 2. The smallest absolute Gasteiger partial charge is 0.309 e. The van der Waals surface area contributed by atoms with E-state index < -0.39 is 5.91 Å². The van der Waals surface area contributed by atoms with Crippen LogP contribution in [0.1, 0.15) is 71.1 Å². The number of hydrogen-bond donors (Lipinski definition) is 2. The van der Waals surface area contributed by atoms with E-state index in [0.29, 0.717) is 5.92 Å². The predicted octanol–water partition coefficient (Wildman–Crippen LogP) is 2.77. The van der Waals surface area contributed by atoms with Crippen LogP contribution >= 0.6 is 0 Å². The van der Waals surface area contributed by atoms with E-state index in [1.807, 2.05) is 0 Å². The maximum atomic E-state index is 12.5. The van der Waals surface area contributed by atoms with Crippen molar-refractivity contribution in [3.8, 4) is 0 Å². The van der Waals surface area contributed by atoms with Crippen molar-refractivity contribution >= 4 is 11.8 Å². The highest BCUT2D eigenvalue weighted by atomic mass is 16.2. The molecule has 5 saturated carbocycles. The molecule has 2 amide bonds. The number of carbonyl (C=O) groups is 2. The Hall–Kier alpha value is -1.06. The zero-order valence-corrected chi connectivity index (χ0v) is 14.3.